The summed E-state index contributed by atoms with van der Waals surface area (Å²) in [6.07, 6.45) is 7.51. The molecule has 0 N–H and O–H groups in total. The van der Waals surface area contributed by atoms with Gasteiger partial charge in [-0.3, -0.25) is 14.3 Å². The highest BCUT2D eigenvalue weighted by atomic mass is 35.5. The first-order valence-corrected chi connectivity index (χ1v) is 18.7. The molecule has 2 unspecified atom stereocenters. The molecule has 1 saturated heterocycles. The Hall–Kier alpha value is -2.94. The molecule has 0 spiro atoms. The lowest BCUT2D eigenvalue weighted by Gasteiger charge is -2.39. The van der Waals surface area contributed by atoms with Crippen LogP contribution in [-0.2, 0) is 16.2 Å². The average molecular weight is 717 g/mol. The largest absolute Gasteiger partial charge is 0.510 e. The Morgan fingerprint density at radius 2 is 1.57 bits per heavy atom. The van der Waals surface area contributed by atoms with E-state index in [0.29, 0.717) is 27.9 Å². The summed E-state index contributed by atoms with van der Waals surface area (Å²) in [7, 11) is 0. The molecule has 2 atom stereocenters. The van der Waals surface area contributed by atoms with Crippen molar-refractivity contribution in [3.05, 3.63) is 68.9 Å². The van der Waals surface area contributed by atoms with Gasteiger partial charge in [0, 0.05) is 38.3 Å². The van der Waals surface area contributed by atoms with Crippen molar-refractivity contribution in [2.24, 2.45) is 10.8 Å². The van der Waals surface area contributed by atoms with Gasteiger partial charge in [0.25, 0.3) is 5.56 Å². The van der Waals surface area contributed by atoms with Crippen LogP contribution in [0.3, 0.4) is 0 Å². The number of carbonyl (C=O) groups is 1. The predicted molar refractivity (Wildman–Crippen MR) is 201 cm³/mol. The Labute approximate surface area is 302 Å². The zero-order chi connectivity index (χ0) is 35.4. The molecule has 2 heterocycles. The van der Waals surface area contributed by atoms with Crippen molar-refractivity contribution >= 4 is 45.9 Å². The lowest BCUT2D eigenvalue weighted by molar-refractivity contribution is 0.0212. The molecule has 49 heavy (non-hydrogen) atoms. The zero-order valence-electron chi connectivity index (χ0n) is 30.1. The predicted octanol–water partition coefficient (Wildman–Crippen LogP) is 9.81. The van der Waals surface area contributed by atoms with E-state index in [-0.39, 0.29) is 29.7 Å². The molecule has 270 valence electrons. The molecule has 4 rings (SSSR count). The fraction of sp³-hybridized carbons (Fsp3) is 0.590. The van der Waals surface area contributed by atoms with Crippen molar-refractivity contribution in [1.82, 2.24) is 9.47 Å². The second kappa shape index (κ2) is 18.3. The van der Waals surface area contributed by atoms with E-state index in [1.807, 2.05) is 36.4 Å². The number of piperazine rings is 1. The minimum absolute atomic E-state index is 0.0755. The smallest absolute Gasteiger partial charge is 0.494 e. The van der Waals surface area contributed by atoms with Crippen LogP contribution in [0.5, 0.6) is 5.75 Å². The van der Waals surface area contributed by atoms with Crippen molar-refractivity contribution in [2.45, 2.75) is 92.7 Å². The highest BCUT2D eigenvalue weighted by Gasteiger charge is 2.33. The van der Waals surface area contributed by atoms with Gasteiger partial charge in [-0.1, -0.05) is 83.1 Å². The number of benzene rings is 2. The number of nitrogens with zero attached hydrogens (tertiary/aromatic N) is 3. The highest BCUT2D eigenvalue weighted by molar-refractivity contribution is 6.43. The number of carbonyl (C=O) groups excluding carboxylic acids is 1. The number of hydrogen-bond acceptors (Lipinski definition) is 7. The van der Waals surface area contributed by atoms with E-state index in [9.17, 15) is 9.59 Å². The number of aromatic nitrogens is 1. The van der Waals surface area contributed by atoms with Crippen LogP contribution in [0, 0.1) is 10.8 Å². The van der Waals surface area contributed by atoms with Crippen LogP contribution in [0.4, 0.5) is 10.5 Å². The van der Waals surface area contributed by atoms with E-state index < -0.39 is 6.16 Å². The van der Waals surface area contributed by atoms with E-state index in [0.717, 1.165) is 88.7 Å². The Bertz CT molecular complexity index is 1570. The number of rotatable bonds is 18. The molecule has 1 aromatic heterocycles. The standard InChI is InChI=1S/C39H55Cl2N3O5/c1-6-18-38(4,7-2)28-39(5,8-3)19-26-48-37(46)49-29-44-34-27-31(16-14-30(34)15-17-35(44)45)47-25-10-9-20-42-21-23-43(24-22-42)33-13-11-12-32(40)36(33)41/h11-17,27H,6-10,18-26,28-29H2,1-5H3. The number of ether oxygens (including phenoxy) is 3. The van der Waals surface area contributed by atoms with Crippen molar-refractivity contribution < 1.29 is 19.0 Å². The molecule has 1 aliphatic heterocycles. The monoisotopic (exact) mass is 715 g/mol. The quantitative estimate of drug-likeness (QED) is 0.0959. The van der Waals surface area contributed by atoms with E-state index in [4.69, 9.17) is 37.4 Å². The van der Waals surface area contributed by atoms with Gasteiger partial charge in [-0.15, -0.1) is 0 Å². The van der Waals surface area contributed by atoms with E-state index in [2.05, 4.69) is 44.4 Å². The second-order valence-corrected chi connectivity index (χ2v) is 14.9. The summed E-state index contributed by atoms with van der Waals surface area (Å²) < 4.78 is 18.4. The fourth-order valence-electron chi connectivity index (χ4n) is 7.02. The second-order valence-electron chi connectivity index (χ2n) is 14.2. The van der Waals surface area contributed by atoms with Crippen LogP contribution in [-0.4, -0.2) is 61.6 Å². The molecular weight excluding hydrogens is 661 g/mol. The minimum atomic E-state index is -0.767. The van der Waals surface area contributed by atoms with Crippen LogP contribution >= 0.6 is 23.2 Å². The molecule has 1 fully saturated rings. The summed E-state index contributed by atoms with van der Waals surface area (Å²) in [6.45, 7) is 16.7. The summed E-state index contributed by atoms with van der Waals surface area (Å²) in [6, 6.07) is 14.7. The summed E-state index contributed by atoms with van der Waals surface area (Å²) in [4.78, 5) is 30.1. The van der Waals surface area contributed by atoms with Gasteiger partial charge >= 0.3 is 6.16 Å². The van der Waals surface area contributed by atoms with Crippen LogP contribution < -0.4 is 15.2 Å². The summed E-state index contributed by atoms with van der Waals surface area (Å²) in [5.41, 5.74) is 1.74. The summed E-state index contributed by atoms with van der Waals surface area (Å²) in [5.74, 6) is 0.669. The van der Waals surface area contributed by atoms with Crippen LogP contribution in [0.2, 0.25) is 10.0 Å². The Kier molecular flexibility index (Phi) is 14.5. The van der Waals surface area contributed by atoms with Gasteiger partial charge in [-0.2, -0.15) is 0 Å². The first-order chi connectivity index (χ1) is 23.5. The molecule has 1 aliphatic rings. The van der Waals surface area contributed by atoms with E-state index >= 15 is 0 Å². The topological polar surface area (TPSA) is 73.2 Å². The molecule has 2 aromatic carbocycles. The van der Waals surface area contributed by atoms with Gasteiger partial charge in [0.15, 0.2) is 6.73 Å². The number of unbranched alkanes of at least 4 members (excludes halogenated alkanes) is 1. The van der Waals surface area contributed by atoms with Gasteiger partial charge in [0.2, 0.25) is 0 Å². The number of fused-ring (bicyclic) bond motifs is 1. The molecule has 3 aromatic rings. The van der Waals surface area contributed by atoms with Gasteiger partial charge in [-0.05, 0) is 85.2 Å². The minimum Gasteiger partial charge on any atom is -0.494 e. The average Bonchev–Trinajstić information content (AvgIpc) is 3.09. The number of pyridine rings is 1. The van der Waals surface area contributed by atoms with Gasteiger partial charge in [0.05, 0.1) is 34.5 Å². The van der Waals surface area contributed by atoms with Crippen molar-refractivity contribution in [2.75, 3.05) is 50.8 Å². The van der Waals surface area contributed by atoms with E-state index in [1.54, 1.807) is 6.07 Å². The van der Waals surface area contributed by atoms with Gasteiger partial charge in [-0.25, -0.2) is 4.79 Å². The molecule has 0 saturated carbocycles. The first kappa shape index (κ1) is 38.9. The lowest BCUT2D eigenvalue weighted by atomic mass is 9.67. The third kappa shape index (κ3) is 11.0. The van der Waals surface area contributed by atoms with E-state index in [1.165, 1.54) is 17.1 Å². The fourth-order valence-corrected chi connectivity index (χ4v) is 7.44. The third-order valence-corrected chi connectivity index (χ3v) is 11.2. The Balaban J connectivity index is 1.22. The van der Waals surface area contributed by atoms with Crippen LogP contribution in [0.1, 0.15) is 86.0 Å². The molecule has 10 heteroatoms. The third-order valence-electron chi connectivity index (χ3n) is 10.4. The van der Waals surface area contributed by atoms with Crippen molar-refractivity contribution in [1.29, 1.82) is 0 Å². The van der Waals surface area contributed by atoms with Crippen LogP contribution in [0.25, 0.3) is 10.9 Å². The normalized spacial score (nSPS) is 16.3. The lowest BCUT2D eigenvalue weighted by Crippen LogP contribution is -2.46. The molecule has 0 bridgehead atoms. The molecule has 0 radical (unpaired) electrons. The van der Waals surface area contributed by atoms with Gasteiger partial charge < -0.3 is 19.1 Å². The summed E-state index contributed by atoms with van der Waals surface area (Å²) in [5, 5.41) is 2.06. The highest BCUT2D eigenvalue weighted by Crippen LogP contribution is 2.43. The van der Waals surface area contributed by atoms with Gasteiger partial charge in [0.1, 0.15) is 5.75 Å². The molecule has 8 nitrogen and oxygen atoms in total. The number of halogens is 2. The maximum absolute atomic E-state index is 12.8. The first-order valence-electron chi connectivity index (χ1n) is 18.0. The van der Waals surface area contributed by atoms with Crippen LogP contribution in [0.15, 0.2) is 53.3 Å². The molecule has 0 amide bonds. The Morgan fingerprint density at radius 1 is 0.857 bits per heavy atom. The molecular formula is C39H55Cl2N3O5. The maximum atomic E-state index is 12.8. The zero-order valence-corrected chi connectivity index (χ0v) is 31.6. The summed E-state index contributed by atoms with van der Waals surface area (Å²) >= 11 is 12.6. The maximum Gasteiger partial charge on any atom is 0.510 e. The van der Waals surface area contributed by atoms with Crippen molar-refractivity contribution in [3.8, 4) is 5.75 Å². The Morgan fingerprint density at radius 3 is 2.29 bits per heavy atom. The number of hydrogen-bond donors (Lipinski definition) is 0. The SMILES string of the molecule is CCCC(C)(CC)CC(C)(CC)CCOC(=O)OCn1c(=O)ccc2ccc(OCCCCN3CCN(c4cccc(Cl)c4Cl)CC3)cc21. The molecule has 0 aliphatic carbocycles. The van der Waals surface area contributed by atoms with Crippen molar-refractivity contribution in [3.63, 3.8) is 0 Å². The number of anilines is 1.